The first-order chi connectivity index (χ1) is 11.1. The van der Waals surface area contributed by atoms with Crippen LogP contribution in [0.2, 0.25) is 0 Å². The largest absolute Gasteiger partial charge is 0.419 e. The van der Waals surface area contributed by atoms with Gasteiger partial charge in [0.25, 0.3) is 0 Å². The van der Waals surface area contributed by atoms with Gasteiger partial charge in [-0.15, -0.1) is 0 Å². The molecule has 0 unspecified atom stereocenters. The van der Waals surface area contributed by atoms with Crippen molar-refractivity contribution in [3.63, 3.8) is 0 Å². The van der Waals surface area contributed by atoms with Crippen LogP contribution in [0.25, 0.3) is 11.1 Å². The first kappa shape index (κ1) is 15.8. The number of amides is 1. The Kier molecular flexibility index (Phi) is 4.84. The number of hydrogen-bond donors (Lipinski definition) is 1. The maximum absolute atomic E-state index is 12.1. The molecule has 1 amide bonds. The molecular formula is C18H24N2O3. The van der Waals surface area contributed by atoms with E-state index in [2.05, 4.69) is 12.2 Å². The molecule has 23 heavy (non-hydrogen) atoms. The number of aryl methyl sites for hydroxylation is 1. The van der Waals surface area contributed by atoms with Crippen molar-refractivity contribution in [2.45, 2.75) is 58.0 Å². The van der Waals surface area contributed by atoms with Gasteiger partial charge >= 0.3 is 5.76 Å². The normalized spacial score (nSPS) is 21.4. The van der Waals surface area contributed by atoms with Crippen LogP contribution in [0.1, 0.15) is 45.4 Å². The maximum Gasteiger partial charge on any atom is 0.419 e. The molecule has 1 aliphatic rings. The summed E-state index contributed by atoms with van der Waals surface area (Å²) in [5.41, 5.74) is 1.39. The van der Waals surface area contributed by atoms with Crippen molar-refractivity contribution in [2.24, 2.45) is 5.92 Å². The fourth-order valence-electron chi connectivity index (χ4n) is 3.43. The zero-order chi connectivity index (χ0) is 16.2. The van der Waals surface area contributed by atoms with E-state index in [9.17, 15) is 9.59 Å². The number of nitrogens with zero attached hydrogens (tertiary/aromatic N) is 1. The molecule has 1 saturated carbocycles. The van der Waals surface area contributed by atoms with Gasteiger partial charge in [0, 0.05) is 19.0 Å². The highest BCUT2D eigenvalue weighted by Crippen LogP contribution is 2.23. The average molecular weight is 316 g/mol. The zero-order valence-electron chi connectivity index (χ0n) is 13.6. The Labute approximate surface area is 135 Å². The van der Waals surface area contributed by atoms with Crippen molar-refractivity contribution in [3.8, 4) is 0 Å². The molecule has 3 rings (SSSR count). The van der Waals surface area contributed by atoms with Crippen LogP contribution in [-0.4, -0.2) is 16.5 Å². The SMILES string of the molecule is C[C@H]1CCCC[C@@H]1NC(=O)CCCn1c(=O)oc2ccccc21. The van der Waals surface area contributed by atoms with Crippen LogP contribution >= 0.6 is 0 Å². The number of oxazole rings is 1. The van der Waals surface area contributed by atoms with E-state index in [1.807, 2.05) is 18.2 Å². The van der Waals surface area contributed by atoms with Crippen LogP contribution in [0.15, 0.2) is 33.5 Å². The van der Waals surface area contributed by atoms with Gasteiger partial charge in [-0.1, -0.05) is 31.9 Å². The second-order valence-corrected chi connectivity index (χ2v) is 6.53. The summed E-state index contributed by atoms with van der Waals surface area (Å²) in [6.45, 7) is 2.71. The fourth-order valence-corrected chi connectivity index (χ4v) is 3.43. The molecule has 0 aliphatic heterocycles. The Balaban J connectivity index is 1.53. The van der Waals surface area contributed by atoms with Crippen LogP contribution in [0, 0.1) is 5.92 Å². The van der Waals surface area contributed by atoms with Crippen molar-refractivity contribution in [1.29, 1.82) is 0 Å². The predicted octanol–water partition coefficient (Wildman–Crippen LogP) is 3.07. The third-order valence-electron chi connectivity index (χ3n) is 4.82. The molecule has 1 aromatic carbocycles. The molecule has 1 aliphatic carbocycles. The molecule has 0 radical (unpaired) electrons. The summed E-state index contributed by atoms with van der Waals surface area (Å²) in [6.07, 6.45) is 5.82. The molecular weight excluding hydrogens is 292 g/mol. The Morgan fingerprint density at radius 3 is 2.91 bits per heavy atom. The van der Waals surface area contributed by atoms with E-state index in [1.54, 1.807) is 10.6 Å². The van der Waals surface area contributed by atoms with Gasteiger partial charge in [-0.2, -0.15) is 0 Å². The van der Waals surface area contributed by atoms with E-state index in [4.69, 9.17) is 4.42 Å². The van der Waals surface area contributed by atoms with Crippen molar-refractivity contribution in [3.05, 3.63) is 34.8 Å². The second-order valence-electron chi connectivity index (χ2n) is 6.53. The van der Waals surface area contributed by atoms with Crippen LogP contribution in [0.3, 0.4) is 0 Å². The van der Waals surface area contributed by atoms with Crippen LogP contribution < -0.4 is 11.1 Å². The number of carbonyl (C=O) groups is 1. The minimum atomic E-state index is -0.354. The quantitative estimate of drug-likeness (QED) is 0.922. The summed E-state index contributed by atoms with van der Waals surface area (Å²) >= 11 is 0. The molecule has 0 saturated heterocycles. The lowest BCUT2D eigenvalue weighted by Gasteiger charge is -2.29. The summed E-state index contributed by atoms with van der Waals surface area (Å²) in [5.74, 6) is 0.297. The lowest BCUT2D eigenvalue weighted by Crippen LogP contribution is -2.41. The number of para-hydroxylation sites is 2. The van der Waals surface area contributed by atoms with Gasteiger partial charge in [-0.05, 0) is 37.3 Å². The lowest BCUT2D eigenvalue weighted by molar-refractivity contribution is -0.122. The van der Waals surface area contributed by atoms with E-state index >= 15 is 0 Å². The number of hydrogen-bond acceptors (Lipinski definition) is 3. The minimum Gasteiger partial charge on any atom is -0.408 e. The Morgan fingerprint density at radius 2 is 2.09 bits per heavy atom. The van der Waals surface area contributed by atoms with Gasteiger partial charge in [-0.25, -0.2) is 4.79 Å². The van der Waals surface area contributed by atoms with Crippen molar-refractivity contribution in [1.82, 2.24) is 9.88 Å². The monoisotopic (exact) mass is 316 g/mol. The third kappa shape index (κ3) is 3.66. The molecule has 1 N–H and O–H groups in total. The number of carbonyl (C=O) groups excluding carboxylic acids is 1. The topological polar surface area (TPSA) is 64.2 Å². The molecule has 1 fully saturated rings. The zero-order valence-corrected chi connectivity index (χ0v) is 13.6. The number of aromatic nitrogens is 1. The van der Waals surface area contributed by atoms with Crippen molar-refractivity contribution >= 4 is 17.0 Å². The highest BCUT2D eigenvalue weighted by molar-refractivity contribution is 5.76. The lowest BCUT2D eigenvalue weighted by atomic mass is 9.86. The van der Waals surface area contributed by atoms with Gasteiger partial charge in [0.15, 0.2) is 5.58 Å². The number of benzene rings is 1. The smallest absolute Gasteiger partial charge is 0.408 e. The first-order valence-electron chi connectivity index (χ1n) is 8.53. The highest BCUT2D eigenvalue weighted by Gasteiger charge is 2.22. The van der Waals surface area contributed by atoms with Gasteiger partial charge in [0.05, 0.1) is 5.52 Å². The van der Waals surface area contributed by atoms with Crippen molar-refractivity contribution in [2.75, 3.05) is 0 Å². The summed E-state index contributed by atoms with van der Waals surface area (Å²) in [5, 5.41) is 3.15. The molecule has 5 nitrogen and oxygen atoms in total. The average Bonchev–Trinajstić information content (AvgIpc) is 2.86. The van der Waals surface area contributed by atoms with E-state index < -0.39 is 0 Å². The first-order valence-corrected chi connectivity index (χ1v) is 8.53. The predicted molar refractivity (Wildman–Crippen MR) is 89.3 cm³/mol. The van der Waals surface area contributed by atoms with Crippen molar-refractivity contribution < 1.29 is 9.21 Å². The van der Waals surface area contributed by atoms with Crippen LogP contribution in [0.5, 0.6) is 0 Å². The fraction of sp³-hybridized carbons (Fsp3) is 0.556. The van der Waals surface area contributed by atoms with Gasteiger partial charge in [-0.3, -0.25) is 9.36 Å². The third-order valence-corrected chi connectivity index (χ3v) is 4.82. The Morgan fingerprint density at radius 1 is 1.30 bits per heavy atom. The molecule has 2 aromatic rings. The van der Waals surface area contributed by atoms with Gasteiger partial charge < -0.3 is 9.73 Å². The standard InChI is InChI=1S/C18H24N2O3/c1-13-7-2-3-8-14(13)19-17(21)11-6-12-20-15-9-4-5-10-16(15)23-18(20)22/h4-5,9-10,13-14H,2-3,6-8,11-12H2,1H3,(H,19,21)/t13-,14-/m0/s1. The molecule has 124 valence electrons. The molecule has 0 bridgehead atoms. The summed E-state index contributed by atoms with van der Waals surface area (Å²) in [7, 11) is 0. The maximum atomic E-state index is 12.1. The Hall–Kier alpha value is -2.04. The molecule has 5 heteroatoms. The minimum absolute atomic E-state index is 0.0876. The molecule has 0 spiro atoms. The second kappa shape index (κ2) is 7.02. The van der Waals surface area contributed by atoms with Gasteiger partial charge in [0.2, 0.25) is 5.91 Å². The number of fused-ring (bicyclic) bond motifs is 1. The summed E-state index contributed by atoms with van der Waals surface area (Å²) < 4.78 is 6.80. The van der Waals surface area contributed by atoms with Crippen LogP contribution in [0.4, 0.5) is 0 Å². The number of rotatable bonds is 5. The number of nitrogens with one attached hydrogen (secondary N) is 1. The highest BCUT2D eigenvalue weighted by atomic mass is 16.4. The van der Waals surface area contributed by atoms with Gasteiger partial charge in [0.1, 0.15) is 0 Å². The van der Waals surface area contributed by atoms with Crippen LogP contribution in [-0.2, 0) is 11.3 Å². The van der Waals surface area contributed by atoms with E-state index in [-0.39, 0.29) is 11.7 Å². The van der Waals surface area contributed by atoms with E-state index in [0.717, 1.165) is 11.9 Å². The Bertz CT molecular complexity index is 731. The summed E-state index contributed by atoms with van der Waals surface area (Å²) in [6, 6.07) is 7.68. The molecule has 1 aromatic heterocycles. The van der Waals surface area contributed by atoms with E-state index in [0.29, 0.717) is 36.9 Å². The van der Waals surface area contributed by atoms with E-state index in [1.165, 1.54) is 19.3 Å². The summed E-state index contributed by atoms with van der Waals surface area (Å²) in [4.78, 5) is 24.0. The molecule has 1 heterocycles. The molecule has 2 atom stereocenters.